The lowest BCUT2D eigenvalue weighted by Crippen LogP contribution is -2.31. The van der Waals surface area contributed by atoms with E-state index in [0.29, 0.717) is 0 Å². The first-order valence-electron chi connectivity index (χ1n) is 44.8. The number of nitrogens with two attached hydrogens (primary N) is 8. The van der Waals surface area contributed by atoms with Gasteiger partial charge in [0.05, 0.1) is 110 Å². The summed E-state index contributed by atoms with van der Waals surface area (Å²) in [4.78, 5) is 105. The number of para-hydroxylation sites is 4. The molecule has 8 aromatic carbocycles. The first-order valence-corrected chi connectivity index (χ1v) is 52.4. The maximum atomic E-state index is 15.1. The fourth-order valence-electron chi connectivity index (χ4n) is 17.1. The molecule has 148 heavy (non-hydrogen) atoms. The van der Waals surface area contributed by atoms with Crippen LogP contribution in [0, 0.1) is 92.3 Å². The summed E-state index contributed by atoms with van der Waals surface area (Å²) in [6.07, 6.45) is 10.00. The van der Waals surface area contributed by atoms with Crippen molar-refractivity contribution in [3.8, 4) is 47.0 Å². The van der Waals surface area contributed by atoms with Gasteiger partial charge in [-0.1, -0.05) is 72.8 Å². The normalized spacial score (nSPS) is 14.3. The molecule has 8 heterocycles. The highest BCUT2D eigenvalue weighted by Crippen LogP contribution is 2.49. The van der Waals surface area contributed by atoms with Crippen molar-refractivity contribution in [2.75, 3.05) is 92.2 Å². The Morgan fingerprint density at radius 3 is 0.628 bits per heavy atom. The smallest absolute Gasteiger partial charge is 0.267 e. The average molecular weight is 2080 g/mol. The third-order valence-electron chi connectivity index (χ3n) is 24.4. The molecule has 0 amide bonds. The van der Waals surface area contributed by atoms with Crippen LogP contribution >= 0.6 is 0 Å². The summed E-state index contributed by atoms with van der Waals surface area (Å²) in [6, 6.07) is 44.7. The lowest BCUT2D eigenvalue weighted by Gasteiger charge is -2.24. The van der Waals surface area contributed by atoms with E-state index in [0.717, 1.165) is 94.7 Å². The molecule has 20 rings (SSSR count). The minimum atomic E-state index is -3.81. The lowest BCUT2D eigenvalue weighted by molar-refractivity contribution is 0.581. The first-order chi connectivity index (χ1) is 70.4. The number of nitrogen functional groups attached to an aromatic ring is 8. The van der Waals surface area contributed by atoms with Crippen molar-refractivity contribution in [3.63, 3.8) is 0 Å². The van der Waals surface area contributed by atoms with E-state index < -0.39 is 109 Å². The molecule has 0 spiro atoms. The van der Waals surface area contributed by atoms with Crippen LogP contribution in [0.25, 0.3) is 66.4 Å². The van der Waals surface area contributed by atoms with E-state index in [1.165, 1.54) is 146 Å². The third kappa shape index (κ3) is 20.3. The number of benzene rings is 8. The number of nitrogens with zero attached hydrogens (tertiary/aromatic N) is 20. The summed E-state index contributed by atoms with van der Waals surface area (Å²) in [5.74, 6) is -3.49. The molecule has 0 unspecified atom stereocenters. The second-order valence-corrected chi connectivity index (χ2v) is 42.9. The molecule has 4 aliphatic rings. The standard InChI is InChI=1S/4C24H21FN8O3S/c4*1-37(35,36)17-8-4-6-15-18(17)23(34)33(16-7-3-2-5-14(16)25)22(29-15)19(12-9-10-12)30-21-13(11-26)20(27)31-24(28)32-21/h4*2-8,12,19H,9-10H2,1H3,(H5,27,28,30,31,32)/t4*19-/m1100/s1. The molecule has 20 N–H and O–H groups in total. The molecule has 0 saturated heterocycles. The van der Waals surface area contributed by atoms with Crippen LogP contribution in [0.3, 0.4) is 0 Å². The Balaban J connectivity index is 0.000000135. The summed E-state index contributed by atoms with van der Waals surface area (Å²) in [7, 11) is -15.2. The van der Waals surface area contributed by atoms with Crippen molar-refractivity contribution in [2.45, 2.75) is 95.1 Å². The summed E-state index contributed by atoms with van der Waals surface area (Å²) < 4.78 is 165. The quantitative estimate of drug-likeness (QED) is 0.0251. The van der Waals surface area contributed by atoms with Crippen LogP contribution in [0.2, 0.25) is 0 Å². The van der Waals surface area contributed by atoms with E-state index in [4.69, 9.17) is 45.9 Å². The molecule has 4 aliphatic carbocycles. The van der Waals surface area contributed by atoms with E-state index in [-0.39, 0.29) is 226 Å². The van der Waals surface area contributed by atoms with Gasteiger partial charge in [-0.2, -0.15) is 60.9 Å². The van der Waals surface area contributed by atoms with Gasteiger partial charge in [-0.05, 0) is 172 Å². The van der Waals surface area contributed by atoms with Gasteiger partial charge in [0.15, 0.2) is 62.6 Å². The van der Waals surface area contributed by atoms with Crippen LogP contribution in [0.1, 0.15) is 121 Å². The van der Waals surface area contributed by atoms with Gasteiger partial charge in [0.1, 0.15) is 116 Å². The molecule has 16 aromatic rings. The van der Waals surface area contributed by atoms with Gasteiger partial charge in [0.25, 0.3) is 22.2 Å². The largest absolute Gasteiger partial charge is 0.382 e. The SMILES string of the molecule is CS(=O)(=O)c1cccc2nc([C@@H](Nc3nc(N)nc(N)c3C#N)C3CC3)n(-c3ccccc3F)c(=O)c12.CS(=O)(=O)c1cccc2nc([C@@H](Nc3nc(N)nc(N)c3C#N)C3CC3)n(-c3ccccc3F)c(=O)c12.CS(=O)(=O)c1cccc2nc([C@H](Nc3nc(N)nc(N)c3C#N)C3CC3)n(-c3ccccc3F)c(=O)c12.CS(=O)(=O)c1cccc2nc([C@H](Nc3nc(N)nc(N)c3C#N)C3CC3)n(-c3ccccc3F)c(=O)c12. The molecule has 4 saturated carbocycles. The molecule has 52 heteroatoms. The summed E-state index contributed by atoms with van der Waals surface area (Å²) in [5, 5.41) is 50.4. The Hall–Kier alpha value is -18.3. The monoisotopic (exact) mass is 2080 g/mol. The van der Waals surface area contributed by atoms with E-state index in [1.54, 1.807) is 24.3 Å². The summed E-state index contributed by atoms with van der Waals surface area (Å²) >= 11 is 0. The van der Waals surface area contributed by atoms with Crippen LogP contribution in [0.5, 0.6) is 0 Å². The number of fused-ring (bicyclic) bond motifs is 4. The van der Waals surface area contributed by atoms with Crippen molar-refractivity contribution in [1.29, 1.82) is 21.0 Å². The van der Waals surface area contributed by atoms with E-state index >= 15 is 17.6 Å². The summed E-state index contributed by atoms with van der Waals surface area (Å²) in [5.41, 5.74) is 43.4. The van der Waals surface area contributed by atoms with E-state index in [2.05, 4.69) is 81.1 Å². The van der Waals surface area contributed by atoms with Crippen LogP contribution in [-0.2, 0) is 39.3 Å². The van der Waals surface area contributed by atoms with Gasteiger partial charge in [-0.3, -0.25) is 37.4 Å². The Labute approximate surface area is 836 Å². The molecule has 0 aliphatic heterocycles. The molecule has 44 nitrogen and oxygen atoms in total. The second-order valence-electron chi connectivity index (χ2n) is 35.0. The number of sulfone groups is 4. The van der Waals surface area contributed by atoms with Gasteiger partial charge in [-0.25, -0.2) is 71.2 Å². The molecular formula is C96H84F4N32O12S4. The predicted molar refractivity (Wildman–Crippen MR) is 540 cm³/mol. The number of nitrogens with one attached hydrogen (secondary N) is 4. The molecule has 8 aromatic heterocycles. The van der Waals surface area contributed by atoms with Crippen molar-refractivity contribution >= 4 is 153 Å². The minimum absolute atomic E-state index is 0.0419. The number of rotatable bonds is 24. The van der Waals surface area contributed by atoms with Crippen LogP contribution in [0.15, 0.2) is 209 Å². The predicted octanol–water partition coefficient (Wildman–Crippen LogP) is 9.27. The zero-order valence-electron chi connectivity index (χ0n) is 78.0. The van der Waals surface area contributed by atoms with Crippen molar-refractivity contribution in [3.05, 3.63) is 280 Å². The van der Waals surface area contributed by atoms with Crippen molar-refractivity contribution < 1.29 is 51.2 Å². The fourth-order valence-corrected chi connectivity index (χ4v) is 20.7. The highest BCUT2D eigenvalue weighted by molar-refractivity contribution is 7.91. The average Bonchev–Trinajstić information content (AvgIpc) is 1.68. The summed E-state index contributed by atoms with van der Waals surface area (Å²) in [6.45, 7) is 0. The minimum Gasteiger partial charge on any atom is -0.382 e. The Kier molecular flexibility index (Phi) is 27.2. The number of halogens is 4. The Morgan fingerprint density at radius 1 is 0.284 bits per heavy atom. The number of nitriles is 4. The molecular weight excluding hydrogens is 2000 g/mol. The number of hydrogen-bond donors (Lipinski definition) is 12. The van der Waals surface area contributed by atoms with Gasteiger partial charge in [0, 0.05) is 25.0 Å². The van der Waals surface area contributed by atoms with Gasteiger partial charge in [-0.15, -0.1) is 0 Å². The van der Waals surface area contributed by atoms with Crippen molar-refractivity contribution in [2.24, 2.45) is 23.7 Å². The fraction of sp³-hybridized carbons (Fsp3) is 0.208. The highest BCUT2D eigenvalue weighted by Gasteiger charge is 2.44. The highest BCUT2D eigenvalue weighted by atomic mass is 32.2. The number of hydrogen-bond acceptors (Lipinski definition) is 40. The zero-order chi connectivity index (χ0) is 106. The van der Waals surface area contributed by atoms with Gasteiger partial charge < -0.3 is 67.1 Å². The molecule has 4 fully saturated rings. The number of anilines is 12. The van der Waals surface area contributed by atoms with Crippen LogP contribution in [-0.4, -0.2) is 137 Å². The van der Waals surface area contributed by atoms with Gasteiger partial charge in [0.2, 0.25) is 23.8 Å². The first kappa shape index (κ1) is 101. The van der Waals surface area contributed by atoms with Crippen molar-refractivity contribution in [1.82, 2.24) is 78.1 Å². The maximum Gasteiger partial charge on any atom is 0.267 e. The Morgan fingerprint density at radius 2 is 0.466 bits per heavy atom. The topological polar surface area (TPSA) is 731 Å². The molecule has 752 valence electrons. The second kappa shape index (κ2) is 39.8. The van der Waals surface area contributed by atoms with Crippen LogP contribution in [0.4, 0.5) is 87.9 Å². The lowest BCUT2D eigenvalue weighted by atomic mass is 10.1. The number of aromatic nitrogens is 16. The molecule has 0 bridgehead atoms. The van der Waals surface area contributed by atoms with E-state index in [1.807, 2.05) is 24.3 Å². The van der Waals surface area contributed by atoms with Crippen LogP contribution < -0.4 is 89.4 Å². The maximum absolute atomic E-state index is 15.1. The molecule has 0 radical (unpaired) electrons. The van der Waals surface area contributed by atoms with Gasteiger partial charge >= 0.3 is 0 Å². The van der Waals surface area contributed by atoms with E-state index in [9.17, 15) is 73.9 Å². The third-order valence-corrected chi connectivity index (χ3v) is 29.0. The molecule has 4 atom stereocenters. The Bertz CT molecular complexity index is 8160. The zero-order valence-corrected chi connectivity index (χ0v) is 81.3.